The Kier molecular flexibility index (Phi) is 6.34. The van der Waals surface area contributed by atoms with Gasteiger partial charge in [-0.2, -0.15) is 0 Å². The second kappa shape index (κ2) is 9.16. The lowest BCUT2D eigenvalue weighted by molar-refractivity contribution is 0.0236. The minimum Gasteiger partial charge on any atom is -0.493 e. The smallest absolute Gasteiger partial charge is 0.415 e. The minimum absolute atomic E-state index is 0.0620. The summed E-state index contributed by atoms with van der Waals surface area (Å²) >= 11 is 0. The van der Waals surface area contributed by atoms with Crippen molar-refractivity contribution in [3.05, 3.63) is 53.6 Å². The number of rotatable bonds is 6. The molecule has 4 rings (SSSR count). The van der Waals surface area contributed by atoms with Crippen molar-refractivity contribution in [1.82, 2.24) is 9.80 Å². The number of carbonyl (C=O) groups is 1. The maximum Gasteiger partial charge on any atom is 0.415 e. The number of carbonyl (C=O) groups excluding carboxylic acids is 1. The molecular formula is C24H30N2O5. The zero-order valence-electron chi connectivity index (χ0n) is 18.3. The molecule has 1 N–H and O–H groups in total. The van der Waals surface area contributed by atoms with Crippen molar-refractivity contribution in [3.63, 3.8) is 0 Å². The zero-order chi connectivity index (χ0) is 22.0. The molecule has 2 unspecified atom stereocenters. The largest absolute Gasteiger partial charge is 0.493 e. The number of fused-ring (bicyclic) bond motifs is 1. The van der Waals surface area contributed by atoms with Gasteiger partial charge in [0.15, 0.2) is 11.5 Å². The molecule has 2 atom stereocenters. The summed E-state index contributed by atoms with van der Waals surface area (Å²) in [5, 5.41) is 11.0. The fourth-order valence-corrected chi connectivity index (χ4v) is 4.53. The molecule has 31 heavy (non-hydrogen) atoms. The van der Waals surface area contributed by atoms with Crippen molar-refractivity contribution in [2.75, 3.05) is 27.3 Å². The van der Waals surface area contributed by atoms with Gasteiger partial charge in [-0.25, -0.2) is 4.79 Å². The van der Waals surface area contributed by atoms with Gasteiger partial charge in [0.1, 0.15) is 5.75 Å². The molecule has 2 aliphatic heterocycles. The van der Waals surface area contributed by atoms with Crippen LogP contribution in [0.1, 0.15) is 37.0 Å². The van der Waals surface area contributed by atoms with Crippen LogP contribution in [0, 0.1) is 0 Å². The predicted octanol–water partition coefficient (Wildman–Crippen LogP) is 3.60. The number of nitrogens with zero attached hydrogens (tertiary/aromatic N) is 2. The highest BCUT2D eigenvalue weighted by Crippen LogP contribution is 2.34. The van der Waals surface area contributed by atoms with Crippen molar-refractivity contribution in [2.24, 2.45) is 0 Å². The lowest BCUT2D eigenvalue weighted by atomic mass is 9.96. The van der Waals surface area contributed by atoms with Crippen LogP contribution in [0.15, 0.2) is 42.5 Å². The number of amides is 1. The molecule has 1 fully saturated rings. The average molecular weight is 427 g/mol. The number of hydrogen-bond donors (Lipinski definition) is 1. The van der Waals surface area contributed by atoms with E-state index in [9.17, 15) is 9.90 Å². The van der Waals surface area contributed by atoms with Crippen molar-refractivity contribution < 1.29 is 24.1 Å². The molecule has 2 aromatic rings. The van der Waals surface area contributed by atoms with Gasteiger partial charge in [-0.3, -0.25) is 4.90 Å². The maximum atomic E-state index is 12.5. The number of aliphatic hydroxyl groups is 1. The average Bonchev–Trinajstić information content (AvgIpc) is 2.82. The van der Waals surface area contributed by atoms with Crippen molar-refractivity contribution in [3.8, 4) is 17.2 Å². The van der Waals surface area contributed by atoms with Crippen LogP contribution < -0.4 is 14.2 Å². The number of benzene rings is 2. The first-order chi connectivity index (χ1) is 15.0. The number of piperidine rings is 1. The Morgan fingerprint density at radius 2 is 1.77 bits per heavy atom. The summed E-state index contributed by atoms with van der Waals surface area (Å²) in [4.78, 5) is 16.6. The third kappa shape index (κ3) is 4.34. The van der Waals surface area contributed by atoms with Crippen LogP contribution >= 0.6 is 0 Å². The predicted molar refractivity (Wildman–Crippen MR) is 117 cm³/mol. The second-order valence-corrected chi connectivity index (χ2v) is 8.17. The standard InChI is InChI=1S/C24H30N2O5/c1-16(23(27)17-8-9-21(29-2)22(14-17)30-3)25-12-10-19(11-13-25)26-15-18-6-4-5-7-20(18)31-24(26)28/h4-9,14,16,19,23,27H,10-13,15H2,1-3H3. The third-order valence-electron chi connectivity index (χ3n) is 6.47. The van der Waals surface area contributed by atoms with Crippen LogP contribution in [0.3, 0.4) is 0 Å². The first-order valence-electron chi connectivity index (χ1n) is 10.7. The Labute approximate surface area is 183 Å². The van der Waals surface area contributed by atoms with Gasteiger partial charge < -0.3 is 24.2 Å². The highest BCUT2D eigenvalue weighted by atomic mass is 16.6. The van der Waals surface area contributed by atoms with Crippen LogP contribution in [-0.2, 0) is 6.54 Å². The van der Waals surface area contributed by atoms with E-state index in [4.69, 9.17) is 14.2 Å². The van der Waals surface area contributed by atoms with Gasteiger partial charge >= 0.3 is 6.09 Å². The summed E-state index contributed by atoms with van der Waals surface area (Å²) in [6, 6.07) is 13.3. The lowest BCUT2D eigenvalue weighted by Crippen LogP contribution is -2.51. The van der Waals surface area contributed by atoms with Crippen molar-refractivity contribution in [2.45, 2.75) is 44.5 Å². The first-order valence-corrected chi connectivity index (χ1v) is 10.7. The van der Waals surface area contributed by atoms with E-state index in [0.717, 1.165) is 37.1 Å². The Morgan fingerprint density at radius 3 is 2.48 bits per heavy atom. The number of hydrogen-bond acceptors (Lipinski definition) is 6. The number of likely N-dealkylation sites (tertiary alicyclic amines) is 1. The van der Waals surface area contributed by atoms with Crippen molar-refractivity contribution >= 4 is 6.09 Å². The van der Waals surface area contributed by atoms with Crippen LogP contribution in [0.4, 0.5) is 4.79 Å². The summed E-state index contributed by atoms with van der Waals surface area (Å²) in [7, 11) is 3.18. The molecule has 0 spiro atoms. The normalized spacial score (nSPS) is 19.4. The molecule has 0 aromatic heterocycles. The second-order valence-electron chi connectivity index (χ2n) is 8.17. The monoisotopic (exact) mass is 426 g/mol. The van der Waals surface area contributed by atoms with Gasteiger partial charge in [0.2, 0.25) is 0 Å². The van der Waals surface area contributed by atoms with Gasteiger partial charge in [0.05, 0.1) is 26.9 Å². The van der Waals surface area contributed by atoms with Crippen LogP contribution in [0.2, 0.25) is 0 Å². The fraction of sp³-hybridized carbons (Fsp3) is 0.458. The molecule has 0 radical (unpaired) electrons. The van der Waals surface area contributed by atoms with E-state index >= 15 is 0 Å². The molecule has 1 saturated heterocycles. The highest BCUT2D eigenvalue weighted by Gasteiger charge is 2.35. The van der Waals surface area contributed by atoms with E-state index in [0.29, 0.717) is 23.8 Å². The highest BCUT2D eigenvalue weighted by molar-refractivity contribution is 5.73. The molecule has 0 aliphatic carbocycles. The number of aliphatic hydroxyl groups excluding tert-OH is 1. The summed E-state index contributed by atoms with van der Waals surface area (Å²) < 4.78 is 16.2. The lowest BCUT2D eigenvalue weighted by Gasteiger charge is -2.42. The molecule has 7 heteroatoms. The molecule has 166 valence electrons. The Balaban J connectivity index is 1.38. The maximum absolute atomic E-state index is 12.5. The van der Waals surface area contributed by atoms with Gasteiger partial charge in [-0.1, -0.05) is 24.3 Å². The van der Waals surface area contributed by atoms with E-state index in [1.165, 1.54) is 0 Å². The number of ether oxygens (including phenoxy) is 3. The van der Waals surface area contributed by atoms with E-state index < -0.39 is 6.10 Å². The third-order valence-corrected chi connectivity index (χ3v) is 6.47. The van der Waals surface area contributed by atoms with Crippen LogP contribution in [-0.4, -0.2) is 60.4 Å². The number of methoxy groups -OCH3 is 2. The first kappa shape index (κ1) is 21.5. The molecular weight excluding hydrogens is 396 g/mol. The summed E-state index contributed by atoms with van der Waals surface area (Å²) in [6.45, 7) is 4.24. The minimum atomic E-state index is -0.650. The zero-order valence-corrected chi connectivity index (χ0v) is 18.3. The van der Waals surface area contributed by atoms with Gasteiger partial charge in [0.25, 0.3) is 0 Å². The van der Waals surface area contributed by atoms with Crippen LogP contribution in [0.25, 0.3) is 0 Å². The summed E-state index contributed by atoms with van der Waals surface area (Å²) in [5.41, 5.74) is 1.84. The molecule has 0 bridgehead atoms. The van der Waals surface area contributed by atoms with Crippen LogP contribution in [0.5, 0.6) is 17.2 Å². The van der Waals surface area contributed by atoms with Gasteiger partial charge in [0, 0.05) is 30.7 Å². The molecule has 2 aliphatic rings. The Hall–Kier alpha value is -2.77. The summed E-state index contributed by atoms with van der Waals surface area (Å²) in [5.74, 6) is 1.91. The topological polar surface area (TPSA) is 71.5 Å². The quantitative estimate of drug-likeness (QED) is 0.761. The molecule has 1 amide bonds. The Morgan fingerprint density at radius 1 is 1.06 bits per heavy atom. The molecule has 0 saturated carbocycles. The van der Waals surface area contributed by atoms with Gasteiger partial charge in [-0.05, 0) is 43.5 Å². The molecule has 2 aromatic carbocycles. The number of para-hydroxylation sites is 1. The molecule has 2 heterocycles. The van der Waals surface area contributed by atoms with E-state index in [1.807, 2.05) is 54.3 Å². The Bertz CT molecular complexity index is 926. The molecule has 7 nitrogen and oxygen atoms in total. The fourth-order valence-electron chi connectivity index (χ4n) is 4.53. The summed E-state index contributed by atoms with van der Waals surface area (Å²) in [6.07, 6.45) is 0.777. The van der Waals surface area contributed by atoms with E-state index in [-0.39, 0.29) is 18.2 Å². The van der Waals surface area contributed by atoms with E-state index in [1.54, 1.807) is 14.2 Å². The van der Waals surface area contributed by atoms with E-state index in [2.05, 4.69) is 4.90 Å². The SMILES string of the molecule is COc1ccc(C(O)C(C)N2CCC(N3Cc4ccccc4OC3=O)CC2)cc1OC. The van der Waals surface area contributed by atoms with Crippen molar-refractivity contribution in [1.29, 1.82) is 0 Å². The van der Waals surface area contributed by atoms with Gasteiger partial charge in [-0.15, -0.1) is 0 Å².